The molecule has 0 spiro atoms. The van der Waals surface area contributed by atoms with E-state index in [-0.39, 0.29) is 17.8 Å². The number of rotatable bonds is 8. The topological polar surface area (TPSA) is 81.5 Å². The van der Waals surface area contributed by atoms with Gasteiger partial charge in [-0.3, -0.25) is 14.3 Å². The summed E-state index contributed by atoms with van der Waals surface area (Å²) in [6, 6.07) is 17.6. The van der Waals surface area contributed by atoms with Crippen LogP contribution in [0.25, 0.3) is 5.69 Å². The highest BCUT2D eigenvalue weighted by molar-refractivity contribution is 7.99. The van der Waals surface area contributed by atoms with E-state index < -0.39 is 0 Å². The van der Waals surface area contributed by atoms with E-state index in [1.54, 1.807) is 0 Å². The molecule has 2 aliphatic heterocycles. The van der Waals surface area contributed by atoms with Crippen molar-refractivity contribution in [1.82, 2.24) is 25.0 Å². The number of nitrogens with one attached hydrogen (secondary N) is 1. The standard InChI is InChI=1S/C24H27N5O3S/c30-23(25-14-19-16-31-20-10-4-5-11-21(20)32-19)17-33-24-27-26-22(15-28-12-6-7-13-28)29(24)18-8-2-1-3-9-18/h1-5,8-11,19H,6-7,12-17H2,(H,25,30)/t19-/m0/s1. The Balaban J connectivity index is 1.19. The van der Waals surface area contributed by atoms with Crippen LogP contribution in [0.5, 0.6) is 11.5 Å². The van der Waals surface area contributed by atoms with Gasteiger partial charge in [-0.05, 0) is 50.2 Å². The Labute approximate surface area is 197 Å². The number of para-hydroxylation sites is 3. The van der Waals surface area contributed by atoms with Crippen LogP contribution in [0.1, 0.15) is 18.7 Å². The molecule has 1 amide bonds. The molecule has 8 nitrogen and oxygen atoms in total. The molecule has 0 radical (unpaired) electrons. The van der Waals surface area contributed by atoms with E-state index in [4.69, 9.17) is 9.47 Å². The van der Waals surface area contributed by atoms with Crippen LogP contribution in [0.3, 0.4) is 0 Å². The van der Waals surface area contributed by atoms with Crippen molar-refractivity contribution in [2.75, 3.05) is 32.0 Å². The van der Waals surface area contributed by atoms with E-state index in [1.807, 2.05) is 54.6 Å². The van der Waals surface area contributed by atoms with Crippen molar-refractivity contribution in [3.63, 3.8) is 0 Å². The minimum atomic E-state index is -0.214. The summed E-state index contributed by atoms with van der Waals surface area (Å²) in [6.07, 6.45) is 2.24. The van der Waals surface area contributed by atoms with Crippen LogP contribution in [-0.2, 0) is 11.3 Å². The molecule has 2 aliphatic rings. The molecule has 3 aromatic rings. The first-order valence-electron chi connectivity index (χ1n) is 11.3. The van der Waals surface area contributed by atoms with E-state index >= 15 is 0 Å². The molecular weight excluding hydrogens is 438 g/mol. The Hall–Kier alpha value is -3.04. The van der Waals surface area contributed by atoms with E-state index in [0.717, 1.165) is 42.1 Å². The second-order valence-electron chi connectivity index (χ2n) is 8.14. The van der Waals surface area contributed by atoms with E-state index in [0.29, 0.717) is 18.9 Å². The summed E-state index contributed by atoms with van der Waals surface area (Å²) in [7, 11) is 0. The number of carbonyl (C=O) groups excluding carboxylic acids is 1. The largest absolute Gasteiger partial charge is 0.486 e. The summed E-state index contributed by atoms with van der Waals surface area (Å²) in [5, 5.41) is 12.5. The summed E-state index contributed by atoms with van der Waals surface area (Å²) in [4.78, 5) is 14.9. The minimum absolute atomic E-state index is 0.0776. The number of benzene rings is 2. The lowest BCUT2D eigenvalue weighted by atomic mass is 10.2. The maximum Gasteiger partial charge on any atom is 0.230 e. The molecule has 3 heterocycles. The lowest BCUT2D eigenvalue weighted by Gasteiger charge is -2.26. The molecule has 5 rings (SSSR count). The van der Waals surface area contributed by atoms with Crippen molar-refractivity contribution in [3.8, 4) is 17.2 Å². The van der Waals surface area contributed by atoms with Crippen LogP contribution >= 0.6 is 11.8 Å². The molecule has 0 unspecified atom stereocenters. The average Bonchev–Trinajstić information content (AvgIpc) is 3.52. The zero-order valence-corrected chi connectivity index (χ0v) is 19.2. The van der Waals surface area contributed by atoms with Gasteiger partial charge in [0.05, 0.1) is 18.8 Å². The van der Waals surface area contributed by atoms with E-state index in [2.05, 4.69) is 25.0 Å². The first-order chi connectivity index (χ1) is 16.3. The molecule has 0 saturated carbocycles. The van der Waals surface area contributed by atoms with Crippen molar-refractivity contribution in [3.05, 3.63) is 60.4 Å². The molecule has 1 fully saturated rings. The highest BCUT2D eigenvalue weighted by atomic mass is 32.2. The SMILES string of the molecule is O=C(CSc1nnc(CN2CCCC2)n1-c1ccccc1)NC[C@H]1COc2ccccc2O1. The molecule has 0 bridgehead atoms. The van der Waals surface area contributed by atoms with Crippen LogP contribution < -0.4 is 14.8 Å². The molecule has 0 aliphatic carbocycles. The molecule has 1 aromatic heterocycles. The molecule has 1 saturated heterocycles. The van der Waals surface area contributed by atoms with E-state index in [1.165, 1.54) is 24.6 Å². The Morgan fingerprint density at radius 3 is 2.61 bits per heavy atom. The smallest absolute Gasteiger partial charge is 0.230 e. The number of aromatic nitrogens is 3. The molecular formula is C24H27N5O3S. The molecule has 172 valence electrons. The lowest BCUT2D eigenvalue weighted by Crippen LogP contribution is -2.41. The highest BCUT2D eigenvalue weighted by Crippen LogP contribution is 2.30. The monoisotopic (exact) mass is 465 g/mol. The summed E-state index contributed by atoms with van der Waals surface area (Å²) >= 11 is 1.39. The predicted molar refractivity (Wildman–Crippen MR) is 126 cm³/mol. The predicted octanol–water partition coefficient (Wildman–Crippen LogP) is 2.91. The average molecular weight is 466 g/mol. The third-order valence-corrected chi connectivity index (χ3v) is 6.63. The van der Waals surface area contributed by atoms with Gasteiger partial charge in [-0.25, -0.2) is 0 Å². The van der Waals surface area contributed by atoms with Gasteiger partial charge in [0, 0.05) is 5.69 Å². The van der Waals surface area contributed by atoms with Gasteiger partial charge in [-0.2, -0.15) is 0 Å². The quantitative estimate of drug-likeness (QED) is 0.512. The lowest BCUT2D eigenvalue weighted by molar-refractivity contribution is -0.119. The number of carbonyl (C=O) groups is 1. The van der Waals surface area contributed by atoms with Crippen LogP contribution in [0.15, 0.2) is 59.8 Å². The first kappa shape index (κ1) is 21.8. The van der Waals surface area contributed by atoms with Gasteiger partial charge in [0.15, 0.2) is 22.5 Å². The number of ether oxygens (including phenoxy) is 2. The zero-order valence-electron chi connectivity index (χ0n) is 18.4. The third kappa shape index (κ3) is 5.31. The number of amides is 1. The molecule has 1 atom stereocenters. The summed E-state index contributed by atoms with van der Waals surface area (Å²) in [6.45, 7) is 3.73. The van der Waals surface area contributed by atoms with Gasteiger partial charge in [-0.15, -0.1) is 10.2 Å². The summed E-state index contributed by atoms with van der Waals surface area (Å²) < 4.78 is 13.7. The maximum atomic E-state index is 12.5. The number of likely N-dealkylation sites (tertiary alicyclic amines) is 1. The van der Waals surface area contributed by atoms with Gasteiger partial charge in [0.25, 0.3) is 0 Å². The minimum Gasteiger partial charge on any atom is -0.486 e. The fraction of sp³-hybridized carbons (Fsp3) is 0.375. The Bertz CT molecular complexity index is 1080. The highest BCUT2D eigenvalue weighted by Gasteiger charge is 2.22. The fourth-order valence-electron chi connectivity index (χ4n) is 4.05. The number of thioether (sulfide) groups is 1. The van der Waals surface area contributed by atoms with Crippen LogP contribution in [-0.4, -0.2) is 63.7 Å². The first-order valence-corrected chi connectivity index (χ1v) is 12.2. The van der Waals surface area contributed by atoms with Gasteiger partial charge in [0.1, 0.15) is 12.7 Å². The van der Waals surface area contributed by atoms with Crippen molar-refractivity contribution in [1.29, 1.82) is 0 Å². The van der Waals surface area contributed by atoms with Crippen molar-refractivity contribution in [2.24, 2.45) is 0 Å². The van der Waals surface area contributed by atoms with Crippen LogP contribution in [0.4, 0.5) is 0 Å². The fourth-order valence-corrected chi connectivity index (χ4v) is 4.85. The second kappa shape index (κ2) is 10.3. The van der Waals surface area contributed by atoms with Gasteiger partial charge < -0.3 is 14.8 Å². The maximum absolute atomic E-state index is 12.5. The third-order valence-electron chi connectivity index (χ3n) is 5.71. The Morgan fingerprint density at radius 1 is 1.03 bits per heavy atom. The second-order valence-corrected chi connectivity index (χ2v) is 9.09. The van der Waals surface area contributed by atoms with Gasteiger partial charge in [0.2, 0.25) is 5.91 Å². The summed E-state index contributed by atoms with van der Waals surface area (Å²) in [5.74, 6) is 2.52. The number of fused-ring (bicyclic) bond motifs is 1. The molecule has 1 N–H and O–H groups in total. The van der Waals surface area contributed by atoms with Crippen molar-refractivity contribution in [2.45, 2.75) is 30.6 Å². The van der Waals surface area contributed by atoms with Gasteiger partial charge >= 0.3 is 0 Å². The zero-order chi connectivity index (χ0) is 22.5. The van der Waals surface area contributed by atoms with Crippen LogP contribution in [0.2, 0.25) is 0 Å². The normalized spacial score (nSPS) is 17.8. The Morgan fingerprint density at radius 2 is 1.79 bits per heavy atom. The number of hydrogen-bond acceptors (Lipinski definition) is 7. The van der Waals surface area contributed by atoms with Gasteiger partial charge in [-0.1, -0.05) is 42.1 Å². The molecule has 2 aromatic carbocycles. The van der Waals surface area contributed by atoms with Crippen LogP contribution in [0, 0.1) is 0 Å². The summed E-state index contributed by atoms with van der Waals surface area (Å²) in [5.41, 5.74) is 1.01. The van der Waals surface area contributed by atoms with Crippen molar-refractivity contribution >= 4 is 17.7 Å². The Kier molecular flexibility index (Phi) is 6.78. The molecule has 33 heavy (non-hydrogen) atoms. The van der Waals surface area contributed by atoms with E-state index in [9.17, 15) is 4.79 Å². The van der Waals surface area contributed by atoms with Crippen molar-refractivity contribution < 1.29 is 14.3 Å². The number of nitrogens with zero attached hydrogens (tertiary/aromatic N) is 4. The molecule has 9 heteroatoms. The number of hydrogen-bond donors (Lipinski definition) is 1.